The molecule has 0 amide bonds. The van der Waals surface area contributed by atoms with Crippen molar-refractivity contribution >= 4 is 16.0 Å². The molecule has 18 heavy (non-hydrogen) atoms. The molecule has 2 N–H and O–H groups in total. The maximum absolute atomic E-state index is 11.8. The molecule has 2 saturated heterocycles. The fourth-order valence-corrected chi connectivity index (χ4v) is 4.30. The van der Waals surface area contributed by atoms with Crippen molar-refractivity contribution in [2.75, 3.05) is 18.8 Å². The molecule has 0 aliphatic carbocycles. The van der Waals surface area contributed by atoms with Gasteiger partial charge in [0.25, 0.3) is 0 Å². The first kappa shape index (κ1) is 13.8. The first-order chi connectivity index (χ1) is 8.48. The Kier molecular flexibility index (Phi) is 4.24. The SMILES string of the molecule is O=C(O)CCCS(=O)(=O)NC1CCN2CCCC12. The normalized spacial score (nSPS) is 28.4. The van der Waals surface area contributed by atoms with Crippen LogP contribution in [0.4, 0.5) is 0 Å². The van der Waals surface area contributed by atoms with Crippen LogP contribution in [0.15, 0.2) is 0 Å². The second kappa shape index (κ2) is 5.54. The molecule has 0 aromatic rings. The summed E-state index contributed by atoms with van der Waals surface area (Å²) in [5.41, 5.74) is 0. The number of rotatable bonds is 6. The molecule has 7 heteroatoms. The molecule has 104 valence electrons. The summed E-state index contributed by atoms with van der Waals surface area (Å²) in [6, 6.07) is 0.363. The summed E-state index contributed by atoms with van der Waals surface area (Å²) in [4.78, 5) is 12.7. The number of hydrogen-bond acceptors (Lipinski definition) is 4. The van der Waals surface area contributed by atoms with Crippen LogP contribution in [-0.2, 0) is 14.8 Å². The molecule has 2 atom stereocenters. The third-order valence-electron chi connectivity index (χ3n) is 3.74. The Hall–Kier alpha value is -0.660. The number of carbonyl (C=O) groups is 1. The fraction of sp³-hybridized carbons (Fsp3) is 0.909. The molecule has 0 spiro atoms. The van der Waals surface area contributed by atoms with Gasteiger partial charge in [-0.3, -0.25) is 9.69 Å². The summed E-state index contributed by atoms with van der Waals surface area (Å²) in [6.45, 7) is 2.04. The topological polar surface area (TPSA) is 86.7 Å². The number of aliphatic carboxylic acids is 1. The molecule has 0 saturated carbocycles. The monoisotopic (exact) mass is 276 g/mol. The molecule has 2 fully saturated rings. The van der Waals surface area contributed by atoms with Crippen LogP contribution in [-0.4, -0.2) is 55.3 Å². The van der Waals surface area contributed by atoms with Gasteiger partial charge in [0.15, 0.2) is 0 Å². The van der Waals surface area contributed by atoms with Crippen LogP contribution in [0.25, 0.3) is 0 Å². The third-order valence-corrected chi connectivity index (χ3v) is 5.23. The Labute approximate surface area is 107 Å². The van der Waals surface area contributed by atoms with Crippen LogP contribution in [0.1, 0.15) is 32.1 Å². The molecular formula is C11H20N2O4S. The van der Waals surface area contributed by atoms with Crippen molar-refractivity contribution in [1.29, 1.82) is 0 Å². The second-order valence-corrected chi connectivity index (χ2v) is 6.95. The molecular weight excluding hydrogens is 256 g/mol. The van der Waals surface area contributed by atoms with Crippen molar-refractivity contribution in [2.24, 2.45) is 0 Å². The van der Waals surface area contributed by atoms with Crippen LogP contribution < -0.4 is 4.72 Å². The summed E-state index contributed by atoms with van der Waals surface area (Å²) in [7, 11) is -3.34. The van der Waals surface area contributed by atoms with Gasteiger partial charge in [-0.15, -0.1) is 0 Å². The van der Waals surface area contributed by atoms with E-state index in [2.05, 4.69) is 9.62 Å². The van der Waals surface area contributed by atoms with Crippen LogP contribution in [0.2, 0.25) is 0 Å². The summed E-state index contributed by atoms with van der Waals surface area (Å²) in [5.74, 6) is -1.05. The van der Waals surface area contributed by atoms with E-state index in [1.807, 2.05) is 0 Å². The van der Waals surface area contributed by atoms with Gasteiger partial charge in [0.2, 0.25) is 10.0 Å². The Balaban J connectivity index is 1.82. The molecule has 0 bridgehead atoms. The van der Waals surface area contributed by atoms with Crippen molar-refractivity contribution < 1.29 is 18.3 Å². The van der Waals surface area contributed by atoms with Crippen molar-refractivity contribution in [2.45, 2.75) is 44.2 Å². The zero-order valence-electron chi connectivity index (χ0n) is 10.3. The molecule has 2 heterocycles. The van der Waals surface area contributed by atoms with E-state index in [1.165, 1.54) is 0 Å². The minimum atomic E-state index is -3.34. The quantitative estimate of drug-likeness (QED) is 0.713. The van der Waals surface area contributed by atoms with Gasteiger partial charge in [0.05, 0.1) is 5.75 Å². The van der Waals surface area contributed by atoms with Gasteiger partial charge in [0, 0.05) is 25.0 Å². The Bertz CT molecular complexity index is 409. The van der Waals surface area contributed by atoms with Gasteiger partial charge in [-0.2, -0.15) is 0 Å². The van der Waals surface area contributed by atoms with E-state index in [1.54, 1.807) is 0 Å². The van der Waals surface area contributed by atoms with Crippen LogP contribution in [0.3, 0.4) is 0 Å². The molecule has 2 unspecified atom stereocenters. The maximum atomic E-state index is 11.8. The van der Waals surface area contributed by atoms with E-state index in [0.29, 0.717) is 6.04 Å². The molecule has 0 aromatic carbocycles. The number of hydrogen-bond donors (Lipinski definition) is 2. The Morgan fingerprint density at radius 1 is 1.33 bits per heavy atom. The van der Waals surface area contributed by atoms with E-state index in [9.17, 15) is 13.2 Å². The minimum absolute atomic E-state index is 0.0160. The van der Waals surface area contributed by atoms with Gasteiger partial charge in [0.1, 0.15) is 0 Å². The first-order valence-corrected chi connectivity index (χ1v) is 8.09. The predicted molar refractivity (Wildman–Crippen MR) is 66.8 cm³/mol. The van der Waals surface area contributed by atoms with E-state index in [-0.39, 0.29) is 24.6 Å². The highest BCUT2D eigenvalue weighted by molar-refractivity contribution is 7.89. The lowest BCUT2D eigenvalue weighted by molar-refractivity contribution is -0.137. The first-order valence-electron chi connectivity index (χ1n) is 6.44. The van der Waals surface area contributed by atoms with E-state index in [0.717, 1.165) is 32.4 Å². The lowest BCUT2D eigenvalue weighted by Gasteiger charge is -2.21. The number of fused-ring (bicyclic) bond motifs is 1. The van der Waals surface area contributed by atoms with Gasteiger partial charge < -0.3 is 5.11 Å². The third kappa shape index (κ3) is 3.43. The molecule has 0 aromatic heterocycles. The van der Waals surface area contributed by atoms with Gasteiger partial charge in [-0.25, -0.2) is 13.1 Å². The van der Waals surface area contributed by atoms with Gasteiger partial charge in [-0.1, -0.05) is 0 Å². The number of nitrogens with zero attached hydrogens (tertiary/aromatic N) is 1. The van der Waals surface area contributed by atoms with Crippen LogP contribution in [0, 0.1) is 0 Å². The highest BCUT2D eigenvalue weighted by Crippen LogP contribution is 2.28. The molecule has 2 rings (SSSR count). The van der Waals surface area contributed by atoms with E-state index >= 15 is 0 Å². The highest BCUT2D eigenvalue weighted by atomic mass is 32.2. The molecule has 6 nitrogen and oxygen atoms in total. The zero-order valence-corrected chi connectivity index (χ0v) is 11.2. The van der Waals surface area contributed by atoms with Crippen molar-refractivity contribution in [3.05, 3.63) is 0 Å². The lowest BCUT2D eigenvalue weighted by Crippen LogP contribution is -2.43. The summed E-state index contributed by atoms with van der Waals surface area (Å²) >= 11 is 0. The molecule has 2 aliphatic rings. The van der Waals surface area contributed by atoms with Crippen molar-refractivity contribution in [3.63, 3.8) is 0 Å². The van der Waals surface area contributed by atoms with Crippen LogP contribution in [0.5, 0.6) is 0 Å². The number of carboxylic acids is 1. The summed E-state index contributed by atoms with van der Waals surface area (Å²) in [6.07, 6.45) is 3.14. The molecule has 0 radical (unpaired) electrons. The zero-order chi connectivity index (χ0) is 13.2. The van der Waals surface area contributed by atoms with Crippen molar-refractivity contribution in [3.8, 4) is 0 Å². The second-order valence-electron chi connectivity index (χ2n) is 5.07. The molecule has 2 aliphatic heterocycles. The largest absolute Gasteiger partial charge is 0.481 e. The average molecular weight is 276 g/mol. The fourth-order valence-electron chi connectivity index (χ4n) is 2.92. The van der Waals surface area contributed by atoms with Crippen molar-refractivity contribution in [1.82, 2.24) is 9.62 Å². The summed E-state index contributed by atoms with van der Waals surface area (Å²) < 4.78 is 26.4. The lowest BCUT2D eigenvalue weighted by atomic mass is 10.1. The Morgan fingerprint density at radius 3 is 2.83 bits per heavy atom. The minimum Gasteiger partial charge on any atom is -0.481 e. The van der Waals surface area contributed by atoms with E-state index < -0.39 is 16.0 Å². The highest BCUT2D eigenvalue weighted by Gasteiger charge is 2.38. The average Bonchev–Trinajstić information content (AvgIpc) is 2.81. The van der Waals surface area contributed by atoms with Gasteiger partial charge >= 0.3 is 5.97 Å². The number of carboxylic acid groups (broad SMARTS) is 1. The van der Waals surface area contributed by atoms with Crippen LogP contribution >= 0.6 is 0 Å². The van der Waals surface area contributed by atoms with Gasteiger partial charge in [-0.05, 0) is 32.2 Å². The standard InChI is InChI=1S/C11H20N2O4S/c14-11(15)4-2-8-18(16,17)12-9-5-7-13-6-1-3-10(9)13/h9-10,12H,1-8H2,(H,14,15). The number of nitrogens with one attached hydrogen (secondary N) is 1. The van der Waals surface area contributed by atoms with E-state index in [4.69, 9.17) is 5.11 Å². The summed E-state index contributed by atoms with van der Waals surface area (Å²) in [5, 5.41) is 8.50. The Morgan fingerprint density at radius 2 is 2.11 bits per heavy atom. The maximum Gasteiger partial charge on any atom is 0.303 e. The predicted octanol–water partition coefficient (Wildman–Crippen LogP) is 0.00730. The number of sulfonamides is 1. The smallest absolute Gasteiger partial charge is 0.303 e.